The summed E-state index contributed by atoms with van der Waals surface area (Å²) >= 11 is 0. The van der Waals surface area contributed by atoms with Crippen molar-refractivity contribution >= 4 is 25.8 Å². The summed E-state index contributed by atoms with van der Waals surface area (Å²) in [5.41, 5.74) is 0.341. The largest absolute Gasteiger partial charge is 0.352 e. The summed E-state index contributed by atoms with van der Waals surface area (Å²) in [5, 5.41) is 2.72. The second-order valence-corrected chi connectivity index (χ2v) is 12.0. The van der Waals surface area contributed by atoms with Gasteiger partial charge in [0.05, 0.1) is 10.1 Å². The van der Waals surface area contributed by atoms with Crippen LogP contribution in [0.15, 0.2) is 29.2 Å². The number of benzene rings is 1. The van der Waals surface area contributed by atoms with Gasteiger partial charge in [-0.2, -0.15) is 0 Å². The summed E-state index contributed by atoms with van der Waals surface area (Å²) in [4.78, 5) is 14.7. The molecule has 0 bridgehead atoms. The van der Waals surface area contributed by atoms with E-state index in [0.717, 1.165) is 45.0 Å². The van der Waals surface area contributed by atoms with Crippen molar-refractivity contribution < 1.29 is 21.6 Å². The predicted octanol–water partition coefficient (Wildman–Crippen LogP) is 0.614. The molecule has 2 N–H and O–H groups in total. The van der Waals surface area contributed by atoms with Crippen LogP contribution < -0.4 is 10.0 Å². The lowest BCUT2D eigenvalue weighted by Gasteiger charge is -2.32. The Morgan fingerprint density at radius 3 is 2.41 bits per heavy atom. The van der Waals surface area contributed by atoms with Gasteiger partial charge in [-0.3, -0.25) is 4.79 Å². The van der Waals surface area contributed by atoms with E-state index in [1.807, 2.05) is 0 Å². The third-order valence-corrected chi connectivity index (χ3v) is 8.54. The van der Waals surface area contributed by atoms with Crippen LogP contribution >= 0.6 is 0 Å². The Balaban J connectivity index is 1.38. The molecule has 1 aliphatic heterocycles. The Bertz CT molecular complexity index is 934. The minimum atomic E-state index is -3.35. The number of likely N-dealkylation sites (tertiary alicyclic amines) is 1. The number of amides is 1. The molecule has 1 aromatic rings. The number of rotatable bonds is 9. The van der Waals surface area contributed by atoms with Gasteiger partial charge in [0.2, 0.25) is 10.0 Å². The topological polar surface area (TPSA) is 113 Å². The van der Waals surface area contributed by atoms with Crippen molar-refractivity contribution in [3.05, 3.63) is 29.8 Å². The van der Waals surface area contributed by atoms with E-state index < -0.39 is 19.9 Å². The van der Waals surface area contributed by atoms with Crippen LogP contribution in [-0.4, -0.2) is 71.9 Å². The molecule has 1 aromatic carbocycles. The molecule has 1 aliphatic carbocycles. The molecule has 8 nitrogen and oxygen atoms in total. The Hall–Kier alpha value is -1.49. The number of hydrogen-bond acceptors (Lipinski definition) is 6. The fourth-order valence-electron chi connectivity index (χ4n) is 3.46. The molecule has 0 radical (unpaired) electrons. The van der Waals surface area contributed by atoms with Gasteiger partial charge < -0.3 is 10.2 Å². The molecule has 1 amide bonds. The lowest BCUT2D eigenvalue weighted by molar-refractivity contribution is 0.0936. The van der Waals surface area contributed by atoms with E-state index in [9.17, 15) is 21.6 Å². The average molecular weight is 444 g/mol. The zero-order chi connectivity index (χ0) is 21.1. The maximum atomic E-state index is 12.3. The number of piperidine rings is 1. The number of sulfonamides is 1. The summed E-state index contributed by atoms with van der Waals surface area (Å²) < 4.78 is 49.6. The first-order valence-corrected chi connectivity index (χ1v) is 13.4. The maximum absolute atomic E-state index is 12.3. The molecule has 1 heterocycles. The average Bonchev–Trinajstić information content (AvgIpc) is 3.52. The molecular formula is C19H29N3O5S2. The highest BCUT2D eigenvalue weighted by Gasteiger charge is 2.35. The van der Waals surface area contributed by atoms with Crippen LogP contribution in [0.4, 0.5) is 0 Å². The van der Waals surface area contributed by atoms with Gasteiger partial charge in [0.1, 0.15) is 0 Å². The molecule has 2 aliphatic rings. The molecule has 0 aromatic heterocycles. The van der Waals surface area contributed by atoms with E-state index in [0.29, 0.717) is 31.1 Å². The lowest BCUT2D eigenvalue weighted by Crippen LogP contribution is -2.42. The van der Waals surface area contributed by atoms with Crippen LogP contribution in [0, 0.1) is 5.92 Å². The molecule has 29 heavy (non-hydrogen) atoms. The normalized spacial score (nSPS) is 19.2. The van der Waals surface area contributed by atoms with Crippen molar-refractivity contribution in [1.82, 2.24) is 14.9 Å². The van der Waals surface area contributed by atoms with Crippen molar-refractivity contribution in [2.45, 2.75) is 35.8 Å². The summed E-state index contributed by atoms with van der Waals surface area (Å²) in [6.07, 6.45) is 4.52. The van der Waals surface area contributed by atoms with Crippen molar-refractivity contribution in [3.8, 4) is 0 Å². The zero-order valence-electron chi connectivity index (χ0n) is 16.6. The van der Waals surface area contributed by atoms with Gasteiger partial charge in [-0.05, 0) is 62.9 Å². The van der Waals surface area contributed by atoms with Gasteiger partial charge in [-0.25, -0.2) is 21.6 Å². The van der Waals surface area contributed by atoms with E-state index in [4.69, 9.17) is 0 Å². The van der Waals surface area contributed by atoms with Gasteiger partial charge in [0, 0.05) is 31.5 Å². The number of carbonyl (C=O) groups excluding carboxylic acids is 1. The molecule has 3 rings (SSSR count). The van der Waals surface area contributed by atoms with Gasteiger partial charge in [0.15, 0.2) is 9.84 Å². The first-order valence-electron chi connectivity index (χ1n) is 9.94. The number of hydrogen-bond donors (Lipinski definition) is 2. The fourth-order valence-corrected chi connectivity index (χ4v) is 5.50. The van der Waals surface area contributed by atoms with Gasteiger partial charge in [-0.1, -0.05) is 6.07 Å². The van der Waals surface area contributed by atoms with Crippen molar-refractivity contribution in [1.29, 1.82) is 0 Å². The minimum absolute atomic E-state index is 0.135. The smallest absolute Gasteiger partial charge is 0.251 e. The quantitative estimate of drug-likeness (QED) is 0.578. The molecule has 0 atom stereocenters. The van der Waals surface area contributed by atoms with Crippen LogP contribution in [0.1, 0.15) is 36.0 Å². The number of sulfone groups is 1. The molecule has 1 saturated carbocycles. The lowest BCUT2D eigenvalue weighted by atomic mass is 9.96. The number of nitrogens with one attached hydrogen (secondary N) is 2. The van der Waals surface area contributed by atoms with E-state index in [2.05, 4.69) is 14.9 Å². The Labute approximate surface area is 173 Å². The third-order valence-electron chi connectivity index (χ3n) is 5.48. The second kappa shape index (κ2) is 9.11. The van der Waals surface area contributed by atoms with Gasteiger partial charge in [-0.15, -0.1) is 0 Å². The van der Waals surface area contributed by atoms with Crippen LogP contribution in [-0.2, 0) is 19.9 Å². The van der Waals surface area contributed by atoms with E-state index in [1.165, 1.54) is 12.1 Å². The van der Waals surface area contributed by atoms with Crippen molar-refractivity contribution in [2.75, 3.05) is 39.0 Å². The molecule has 1 saturated heterocycles. The highest BCUT2D eigenvalue weighted by atomic mass is 32.2. The highest BCUT2D eigenvalue weighted by molar-refractivity contribution is 7.90. The Morgan fingerprint density at radius 2 is 1.79 bits per heavy atom. The summed E-state index contributed by atoms with van der Waals surface area (Å²) in [5.74, 6) is 0.0869. The molecule has 2 fully saturated rings. The Kier molecular flexibility index (Phi) is 6.98. The second-order valence-electron chi connectivity index (χ2n) is 7.93. The summed E-state index contributed by atoms with van der Waals surface area (Å²) in [7, 11) is -6.46. The van der Waals surface area contributed by atoms with Crippen molar-refractivity contribution in [2.24, 2.45) is 5.92 Å². The van der Waals surface area contributed by atoms with E-state index >= 15 is 0 Å². The zero-order valence-corrected chi connectivity index (χ0v) is 18.3. The van der Waals surface area contributed by atoms with Crippen LogP contribution in [0.3, 0.4) is 0 Å². The predicted molar refractivity (Wildman–Crippen MR) is 111 cm³/mol. The van der Waals surface area contributed by atoms with Crippen LogP contribution in [0.2, 0.25) is 0 Å². The first-order chi connectivity index (χ1) is 13.6. The summed E-state index contributed by atoms with van der Waals surface area (Å²) in [6.45, 7) is 3.43. The first kappa shape index (κ1) is 22.2. The fraction of sp³-hybridized carbons (Fsp3) is 0.632. The molecule has 0 spiro atoms. The Morgan fingerprint density at radius 1 is 1.10 bits per heavy atom. The van der Waals surface area contributed by atoms with Gasteiger partial charge in [0.25, 0.3) is 5.91 Å². The molecular weight excluding hydrogens is 414 g/mol. The van der Waals surface area contributed by atoms with Crippen LogP contribution in [0.25, 0.3) is 0 Å². The molecule has 10 heteroatoms. The van der Waals surface area contributed by atoms with E-state index in [1.54, 1.807) is 12.1 Å². The summed E-state index contributed by atoms with van der Waals surface area (Å²) in [6, 6.07) is 6.05. The molecule has 162 valence electrons. The van der Waals surface area contributed by atoms with Gasteiger partial charge >= 0.3 is 0 Å². The number of carbonyl (C=O) groups is 1. The molecule has 0 unspecified atom stereocenters. The standard InChI is InChI=1S/C19H29N3O5S2/c1-28(24,25)18-4-2-3-16(13-18)19(23)20-14-15-7-10-22(11-8-15)12-9-21-29(26,27)17-5-6-17/h2-4,13,15,17,21H,5-12,14H2,1H3,(H,20,23). The van der Waals surface area contributed by atoms with Crippen LogP contribution in [0.5, 0.6) is 0 Å². The maximum Gasteiger partial charge on any atom is 0.251 e. The van der Waals surface area contributed by atoms with Crippen molar-refractivity contribution in [3.63, 3.8) is 0 Å². The highest BCUT2D eigenvalue weighted by Crippen LogP contribution is 2.27. The van der Waals surface area contributed by atoms with E-state index in [-0.39, 0.29) is 16.1 Å². The SMILES string of the molecule is CS(=O)(=O)c1cccc(C(=O)NCC2CCN(CCNS(=O)(=O)C3CC3)CC2)c1. The third kappa shape index (κ3) is 6.50. The minimum Gasteiger partial charge on any atom is -0.352 e. The number of nitrogens with zero attached hydrogens (tertiary/aromatic N) is 1. The monoisotopic (exact) mass is 443 g/mol.